The largest absolute Gasteiger partial charge is 0.467 e. The van der Waals surface area contributed by atoms with Crippen LogP contribution >= 0.6 is 0 Å². The molecule has 2 heterocycles. The highest BCUT2D eigenvalue weighted by Crippen LogP contribution is 2.32. The van der Waals surface area contributed by atoms with E-state index in [4.69, 9.17) is 4.42 Å². The van der Waals surface area contributed by atoms with Gasteiger partial charge in [-0.15, -0.1) is 0 Å². The van der Waals surface area contributed by atoms with E-state index in [9.17, 15) is 9.59 Å². The predicted octanol–water partition coefficient (Wildman–Crippen LogP) is 2.61. The first kappa shape index (κ1) is 15.1. The van der Waals surface area contributed by atoms with E-state index in [-0.39, 0.29) is 17.9 Å². The van der Waals surface area contributed by atoms with Crippen molar-refractivity contribution in [3.8, 4) is 0 Å². The Bertz CT molecular complexity index is 534. The number of amides is 2. The van der Waals surface area contributed by atoms with Crippen molar-refractivity contribution in [1.29, 1.82) is 0 Å². The van der Waals surface area contributed by atoms with Crippen LogP contribution in [0.3, 0.4) is 0 Å². The summed E-state index contributed by atoms with van der Waals surface area (Å²) in [7, 11) is 0. The first-order valence-corrected chi connectivity index (χ1v) is 8.23. The zero-order valence-electron chi connectivity index (χ0n) is 13.1. The number of carbonyl (C=O) groups excluding carboxylic acids is 2. The van der Waals surface area contributed by atoms with Gasteiger partial charge in [-0.2, -0.15) is 0 Å². The molecule has 1 N–H and O–H groups in total. The van der Waals surface area contributed by atoms with Gasteiger partial charge in [0.1, 0.15) is 11.3 Å². The van der Waals surface area contributed by atoms with E-state index in [2.05, 4.69) is 5.32 Å². The molecule has 2 fully saturated rings. The van der Waals surface area contributed by atoms with E-state index in [1.54, 1.807) is 17.2 Å². The zero-order valence-corrected chi connectivity index (χ0v) is 13.1. The molecule has 2 amide bonds. The molecule has 1 saturated carbocycles. The van der Waals surface area contributed by atoms with Gasteiger partial charge in [0, 0.05) is 12.5 Å². The van der Waals surface area contributed by atoms with Gasteiger partial charge in [-0.25, -0.2) is 0 Å². The normalized spacial score (nSPS) is 26.4. The molecule has 1 aromatic rings. The van der Waals surface area contributed by atoms with Crippen molar-refractivity contribution < 1.29 is 14.0 Å². The average molecular weight is 304 g/mol. The Kier molecular flexibility index (Phi) is 4.23. The van der Waals surface area contributed by atoms with Crippen molar-refractivity contribution >= 4 is 11.8 Å². The number of nitrogens with zero attached hydrogens (tertiary/aromatic N) is 1. The van der Waals surface area contributed by atoms with Gasteiger partial charge in [-0.3, -0.25) is 9.59 Å². The molecule has 5 heteroatoms. The van der Waals surface area contributed by atoms with E-state index in [0.717, 1.165) is 12.8 Å². The van der Waals surface area contributed by atoms with Gasteiger partial charge in [-0.05, 0) is 38.3 Å². The fourth-order valence-corrected chi connectivity index (χ4v) is 3.54. The molecule has 22 heavy (non-hydrogen) atoms. The Hall–Kier alpha value is -1.78. The molecule has 0 spiro atoms. The number of carbonyl (C=O) groups is 2. The second-order valence-corrected chi connectivity index (χ2v) is 6.64. The molecule has 0 radical (unpaired) electrons. The Morgan fingerprint density at radius 1 is 1.41 bits per heavy atom. The van der Waals surface area contributed by atoms with Crippen molar-refractivity contribution in [2.24, 2.45) is 0 Å². The smallest absolute Gasteiger partial charge is 0.245 e. The Labute approximate surface area is 131 Å². The number of rotatable bonds is 4. The summed E-state index contributed by atoms with van der Waals surface area (Å²) in [6.07, 6.45) is 8.30. The topological polar surface area (TPSA) is 62.6 Å². The van der Waals surface area contributed by atoms with Crippen LogP contribution in [-0.4, -0.2) is 28.3 Å². The van der Waals surface area contributed by atoms with Crippen LogP contribution in [0, 0.1) is 0 Å². The summed E-state index contributed by atoms with van der Waals surface area (Å²) < 4.78 is 5.34. The molecule has 0 aromatic carbocycles. The number of nitrogens with one attached hydrogen (secondary N) is 1. The first-order valence-electron chi connectivity index (χ1n) is 8.23. The lowest BCUT2D eigenvalue weighted by atomic mass is 9.92. The van der Waals surface area contributed by atoms with E-state index < -0.39 is 5.54 Å². The van der Waals surface area contributed by atoms with Crippen LogP contribution in [0.25, 0.3) is 0 Å². The molecule has 1 unspecified atom stereocenters. The Morgan fingerprint density at radius 2 is 2.18 bits per heavy atom. The molecule has 0 bridgehead atoms. The molecule has 1 aromatic heterocycles. The van der Waals surface area contributed by atoms with Gasteiger partial charge in [0.05, 0.1) is 12.8 Å². The monoisotopic (exact) mass is 304 g/mol. The second-order valence-electron chi connectivity index (χ2n) is 6.64. The van der Waals surface area contributed by atoms with E-state index >= 15 is 0 Å². The van der Waals surface area contributed by atoms with Gasteiger partial charge >= 0.3 is 0 Å². The zero-order chi connectivity index (χ0) is 15.6. The van der Waals surface area contributed by atoms with Crippen molar-refractivity contribution in [2.45, 2.75) is 70.0 Å². The molecular formula is C17H24N2O3. The third-order valence-corrected chi connectivity index (χ3v) is 5.05. The summed E-state index contributed by atoms with van der Waals surface area (Å²) in [5, 5.41) is 3.17. The number of likely N-dealkylation sites (tertiary alicyclic amines) is 1. The van der Waals surface area contributed by atoms with E-state index in [0.29, 0.717) is 25.1 Å². The van der Waals surface area contributed by atoms with Crippen LogP contribution in [0.15, 0.2) is 22.8 Å². The highest BCUT2D eigenvalue weighted by molar-refractivity contribution is 5.94. The Balaban J connectivity index is 1.70. The maximum Gasteiger partial charge on any atom is 0.245 e. The summed E-state index contributed by atoms with van der Waals surface area (Å²) >= 11 is 0. The average Bonchev–Trinajstić information content (AvgIpc) is 3.13. The summed E-state index contributed by atoms with van der Waals surface area (Å²) in [6, 6.07) is 3.90. The van der Waals surface area contributed by atoms with Crippen LogP contribution in [0.5, 0.6) is 0 Å². The molecular weight excluding hydrogens is 280 g/mol. The lowest BCUT2D eigenvalue weighted by Crippen LogP contribution is -2.56. The van der Waals surface area contributed by atoms with Crippen molar-refractivity contribution in [3.05, 3.63) is 24.2 Å². The van der Waals surface area contributed by atoms with Gasteiger partial charge in [-0.1, -0.05) is 19.3 Å². The number of hydrogen-bond acceptors (Lipinski definition) is 3. The predicted molar refractivity (Wildman–Crippen MR) is 81.9 cm³/mol. The van der Waals surface area contributed by atoms with Crippen LogP contribution < -0.4 is 5.32 Å². The fraction of sp³-hybridized carbons (Fsp3) is 0.647. The van der Waals surface area contributed by atoms with Crippen molar-refractivity contribution in [1.82, 2.24) is 10.2 Å². The molecule has 1 aliphatic carbocycles. The van der Waals surface area contributed by atoms with Gasteiger partial charge in [0.15, 0.2) is 0 Å². The Morgan fingerprint density at radius 3 is 2.86 bits per heavy atom. The third-order valence-electron chi connectivity index (χ3n) is 5.05. The van der Waals surface area contributed by atoms with Crippen molar-refractivity contribution in [2.75, 3.05) is 0 Å². The minimum Gasteiger partial charge on any atom is -0.467 e. The lowest BCUT2D eigenvalue weighted by Gasteiger charge is -2.35. The van der Waals surface area contributed by atoms with E-state index in [1.807, 2.05) is 13.0 Å². The van der Waals surface area contributed by atoms with Crippen LogP contribution in [-0.2, 0) is 16.1 Å². The SMILES string of the molecule is CC1(C(=O)NC2CCCCC2)CCC(=O)N1Cc1ccco1. The molecule has 1 saturated heterocycles. The number of furan rings is 1. The number of hydrogen-bond donors (Lipinski definition) is 1. The molecule has 120 valence electrons. The highest BCUT2D eigenvalue weighted by Gasteiger charge is 2.47. The third kappa shape index (κ3) is 2.89. The van der Waals surface area contributed by atoms with Crippen LogP contribution in [0.1, 0.15) is 57.6 Å². The fourth-order valence-electron chi connectivity index (χ4n) is 3.54. The van der Waals surface area contributed by atoms with Crippen molar-refractivity contribution in [3.63, 3.8) is 0 Å². The summed E-state index contributed by atoms with van der Waals surface area (Å²) in [4.78, 5) is 26.7. The quantitative estimate of drug-likeness (QED) is 0.930. The van der Waals surface area contributed by atoms with Gasteiger partial charge in [0.25, 0.3) is 0 Å². The molecule has 5 nitrogen and oxygen atoms in total. The van der Waals surface area contributed by atoms with Gasteiger partial charge < -0.3 is 14.6 Å². The van der Waals surface area contributed by atoms with Gasteiger partial charge in [0.2, 0.25) is 11.8 Å². The summed E-state index contributed by atoms with van der Waals surface area (Å²) in [5.41, 5.74) is -0.763. The van der Waals surface area contributed by atoms with E-state index in [1.165, 1.54) is 19.3 Å². The highest BCUT2D eigenvalue weighted by atomic mass is 16.3. The standard InChI is InChI=1S/C17H24N2O3/c1-17(16(21)18-13-6-3-2-4-7-13)10-9-15(20)19(17)12-14-8-5-11-22-14/h5,8,11,13H,2-4,6-7,9-10,12H2,1H3,(H,18,21). The first-order chi connectivity index (χ1) is 10.6. The maximum atomic E-state index is 12.8. The molecule has 1 aliphatic heterocycles. The summed E-state index contributed by atoms with van der Waals surface area (Å²) in [6.45, 7) is 2.24. The maximum absolute atomic E-state index is 12.8. The molecule has 3 rings (SSSR count). The minimum absolute atomic E-state index is 0.0168. The molecule has 2 aliphatic rings. The van der Waals surface area contributed by atoms with Crippen LogP contribution in [0.2, 0.25) is 0 Å². The second kappa shape index (κ2) is 6.15. The lowest BCUT2D eigenvalue weighted by molar-refractivity contribution is -0.142. The minimum atomic E-state index is -0.763. The molecule has 1 atom stereocenters. The summed E-state index contributed by atoms with van der Waals surface area (Å²) in [5.74, 6) is 0.724. The van der Waals surface area contributed by atoms with Crippen LogP contribution in [0.4, 0.5) is 0 Å².